The predicted molar refractivity (Wildman–Crippen MR) is 77.6 cm³/mol. The van der Waals surface area contributed by atoms with E-state index >= 15 is 0 Å². The molecule has 3 aromatic rings. The Bertz CT molecular complexity index is 694. The van der Waals surface area contributed by atoms with Crippen LogP contribution in [-0.4, -0.2) is 21.0 Å². The second-order valence-corrected chi connectivity index (χ2v) is 5.15. The molecule has 0 spiro atoms. The molecular formula is C15H11N3OS. The van der Waals surface area contributed by atoms with Crippen LogP contribution < -0.4 is 0 Å². The zero-order chi connectivity index (χ0) is 13.8. The molecule has 3 aromatic heterocycles. The molecule has 0 fully saturated rings. The van der Waals surface area contributed by atoms with Crippen molar-refractivity contribution in [3.05, 3.63) is 64.6 Å². The number of rotatable bonds is 4. The highest BCUT2D eigenvalue weighted by atomic mass is 32.1. The standard InChI is InChI=1S/C15H11N3OS/c19-14(15-5-3-9-20-15)10-11-6-7-13(18-17-11)12-4-1-2-8-16-12/h1-9H,10H2. The first kappa shape index (κ1) is 12.6. The zero-order valence-corrected chi connectivity index (χ0v) is 11.4. The van der Waals surface area contributed by atoms with Gasteiger partial charge < -0.3 is 0 Å². The molecule has 0 N–H and O–H groups in total. The fourth-order valence-corrected chi connectivity index (χ4v) is 2.46. The van der Waals surface area contributed by atoms with E-state index in [0.717, 1.165) is 10.6 Å². The van der Waals surface area contributed by atoms with Crippen molar-refractivity contribution in [2.75, 3.05) is 0 Å². The summed E-state index contributed by atoms with van der Waals surface area (Å²) < 4.78 is 0. The average molecular weight is 281 g/mol. The lowest BCUT2D eigenvalue weighted by molar-refractivity contribution is 0.0995. The van der Waals surface area contributed by atoms with E-state index in [1.807, 2.05) is 47.8 Å². The number of nitrogens with zero attached hydrogens (tertiary/aromatic N) is 3. The SMILES string of the molecule is O=C(Cc1ccc(-c2ccccn2)nn1)c1cccs1. The minimum atomic E-state index is 0.0693. The quantitative estimate of drug-likeness (QED) is 0.690. The van der Waals surface area contributed by atoms with Crippen LogP contribution in [0.25, 0.3) is 11.4 Å². The summed E-state index contributed by atoms with van der Waals surface area (Å²) in [5, 5.41) is 10.1. The smallest absolute Gasteiger partial charge is 0.178 e. The van der Waals surface area contributed by atoms with Gasteiger partial charge in [0.2, 0.25) is 0 Å². The Morgan fingerprint density at radius 2 is 1.95 bits per heavy atom. The van der Waals surface area contributed by atoms with Crippen molar-refractivity contribution in [2.24, 2.45) is 0 Å². The van der Waals surface area contributed by atoms with E-state index in [2.05, 4.69) is 15.2 Å². The molecule has 0 amide bonds. The van der Waals surface area contributed by atoms with Gasteiger partial charge in [-0.3, -0.25) is 9.78 Å². The topological polar surface area (TPSA) is 55.7 Å². The third kappa shape index (κ3) is 2.78. The third-order valence-corrected chi connectivity index (χ3v) is 3.70. The molecule has 0 bridgehead atoms. The highest BCUT2D eigenvalue weighted by Gasteiger charge is 2.09. The van der Waals surface area contributed by atoms with E-state index in [0.29, 0.717) is 11.4 Å². The molecule has 0 aliphatic rings. The number of aromatic nitrogens is 3. The lowest BCUT2D eigenvalue weighted by Gasteiger charge is -2.01. The Balaban J connectivity index is 1.75. The zero-order valence-electron chi connectivity index (χ0n) is 10.6. The number of ketones is 1. The summed E-state index contributed by atoms with van der Waals surface area (Å²) in [5.41, 5.74) is 2.15. The second-order valence-electron chi connectivity index (χ2n) is 4.20. The molecule has 0 aromatic carbocycles. The summed E-state index contributed by atoms with van der Waals surface area (Å²) in [5.74, 6) is 0.0693. The number of pyridine rings is 1. The van der Waals surface area contributed by atoms with Crippen LogP contribution in [-0.2, 0) is 6.42 Å². The van der Waals surface area contributed by atoms with E-state index in [1.54, 1.807) is 6.20 Å². The Hall–Kier alpha value is -2.40. The molecule has 0 radical (unpaired) electrons. The van der Waals surface area contributed by atoms with E-state index in [-0.39, 0.29) is 12.2 Å². The average Bonchev–Trinajstić information content (AvgIpc) is 3.03. The Morgan fingerprint density at radius 3 is 2.60 bits per heavy atom. The van der Waals surface area contributed by atoms with Gasteiger partial charge in [-0.2, -0.15) is 5.10 Å². The van der Waals surface area contributed by atoms with Gasteiger partial charge in [0, 0.05) is 6.20 Å². The minimum absolute atomic E-state index is 0.0693. The van der Waals surface area contributed by atoms with Crippen molar-refractivity contribution in [1.82, 2.24) is 15.2 Å². The summed E-state index contributed by atoms with van der Waals surface area (Å²) in [6, 6.07) is 13.0. The maximum Gasteiger partial charge on any atom is 0.178 e. The number of carbonyl (C=O) groups excluding carboxylic acids is 1. The molecule has 0 aliphatic carbocycles. The molecule has 0 saturated carbocycles. The highest BCUT2D eigenvalue weighted by Crippen LogP contribution is 2.14. The summed E-state index contributed by atoms with van der Waals surface area (Å²) in [6.45, 7) is 0. The number of hydrogen-bond acceptors (Lipinski definition) is 5. The summed E-state index contributed by atoms with van der Waals surface area (Å²) >= 11 is 1.44. The first-order chi connectivity index (χ1) is 9.83. The molecule has 0 unspecified atom stereocenters. The molecule has 3 heterocycles. The number of hydrogen-bond donors (Lipinski definition) is 0. The maximum atomic E-state index is 12.0. The van der Waals surface area contributed by atoms with Crippen molar-refractivity contribution < 1.29 is 4.79 Å². The highest BCUT2D eigenvalue weighted by molar-refractivity contribution is 7.12. The van der Waals surface area contributed by atoms with E-state index < -0.39 is 0 Å². The summed E-state index contributed by atoms with van der Waals surface area (Å²) in [4.78, 5) is 16.9. The van der Waals surface area contributed by atoms with Crippen LogP contribution in [0.15, 0.2) is 54.0 Å². The number of Topliss-reactive ketones (excluding diaryl/α,β-unsaturated/α-hetero) is 1. The van der Waals surface area contributed by atoms with Crippen LogP contribution in [0, 0.1) is 0 Å². The molecule has 0 atom stereocenters. The molecule has 20 heavy (non-hydrogen) atoms. The predicted octanol–water partition coefficient (Wildman–Crippen LogP) is 3.03. The Kier molecular flexibility index (Phi) is 3.60. The van der Waals surface area contributed by atoms with Crippen LogP contribution in [0.3, 0.4) is 0 Å². The van der Waals surface area contributed by atoms with Crippen molar-refractivity contribution in [1.29, 1.82) is 0 Å². The third-order valence-electron chi connectivity index (χ3n) is 2.78. The van der Waals surface area contributed by atoms with Gasteiger partial charge in [-0.15, -0.1) is 16.4 Å². The van der Waals surface area contributed by atoms with Crippen molar-refractivity contribution in [3.8, 4) is 11.4 Å². The van der Waals surface area contributed by atoms with Crippen LogP contribution in [0.4, 0.5) is 0 Å². The molecule has 4 nitrogen and oxygen atoms in total. The van der Waals surface area contributed by atoms with Gasteiger partial charge in [0.15, 0.2) is 5.78 Å². The van der Waals surface area contributed by atoms with Gasteiger partial charge in [-0.25, -0.2) is 0 Å². The molecule has 98 valence electrons. The van der Waals surface area contributed by atoms with Gasteiger partial charge in [-0.1, -0.05) is 12.1 Å². The Labute approximate surface area is 120 Å². The van der Waals surface area contributed by atoms with Crippen LogP contribution in [0.2, 0.25) is 0 Å². The normalized spacial score (nSPS) is 10.4. The first-order valence-corrected chi connectivity index (χ1v) is 7.01. The minimum Gasteiger partial charge on any atom is -0.293 e. The lowest BCUT2D eigenvalue weighted by atomic mass is 10.1. The van der Waals surface area contributed by atoms with Crippen LogP contribution in [0.5, 0.6) is 0 Å². The monoisotopic (exact) mass is 281 g/mol. The van der Waals surface area contributed by atoms with Gasteiger partial charge >= 0.3 is 0 Å². The Morgan fingerprint density at radius 1 is 1.00 bits per heavy atom. The van der Waals surface area contributed by atoms with Crippen LogP contribution in [0.1, 0.15) is 15.4 Å². The van der Waals surface area contributed by atoms with Gasteiger partial charge in [0.25, 0.3) is 0 Å². The molecule has 0 saturated heterocycles. The largest absolute Gasteiger partial charge is 0.293 e. The molecule has 0 aliphatic heterocycles. The van der Waals surface area contributed by atoms with Crippen molar-refractivity contribution in [2.45, 2.75) is 6.42 Å². The molecular weight excluding hydrogens is 270 g/mol. The molecule has 5 heteroatoms. The lowest BCUT2D eigenvalue weighted by Crippen LogP contribution is -2.04. The van der Waals surface area contributed by atoms with E-state index in [9.17, 15) is 4.79 Å². The summed E-state index contributed by atoms with van der Waals surface area (Å²) in [7, 11) is 0. The van der Waals surface area contributed by atoms with Crippen LogP contribution >= 0.6 is 11.3 Å². The number of carbonyl (C=O) groups is 1. The van der Waals surface area contributed by atoms with Gasteiger partial charge in [-0.05, 0) is 35.7 Å². The van der Waals surface area contributed by atoms with E-state index in [4.69, 9.17) is 0 Å². The maximum absolute atomic E-state index is 12.0. The fourth-order valence-electron chi connectivity index (χ4n) is 1.79. The second kappa shape index (κ2) is 5.71. The first-order valence-electron chi connectivity index (χ1n) is 6.13. The number of thiophene rings is 1. The van der Waals surface area contributed by atoms with Crippen molar-refractivity contribution >= 4 is 17.1 Å². The van der Waals surface area contributed by atoms with E-state index in [1.165, 1.54) is 11.3 Å². The van der Waals surface area contributed by atoms with Crippen molar-refractivity contribution in [3.63, 3.8) is 0 Å². The van der Waals surface area contributed by atoms with Gasteiger partial charge in [0.1, 0.15) is 5.69 Å². The molecule has 3 rings (SSSR count). The summed E-state index contributed by atoms with van der Waals surface area (Å²) in [6.07, 6.45) is 1.99. The fraction of sp³-hybridized carbons (Fsp3) is 0.0667. The van der Waals surface area contributed by atoms with Gasteiger partial charge in [0.05, 0.1) is 22.7 Å².